The summed E-state index contributed by atoms with van der Waals surface area (Å²) in [4.78, 5) is 22.5. The Morgan fingerprint density at radius 3 is 2.69 bits per heavy atom. The van der Waals surface area contributed by atoms with Gasteiger partial charge in [0, 0.05) is 14.1 Å². The van der Waals surface area contributed by atoms with Crippen LogP contribution < -0.4 is 10.6 Å². The molecule has 0 aliphatic rings. The minimum atomic E-state index is -0.679. The molecule has 29 heavy (non-hydrogen) atoms. The topological polar surface area (TPSA) is 110 Å². The number of nitrogens with two attached hydrogens (primary N) is 1. The predicted octanol–water partition coefficient (Wildman–Crippen LogP) is 3.60. The third-order valence-corrected chi connectivity index (χ3v) is 4.23. The molecular weight excluding hydrogens is 375 g/mol. The standard InChI is InChI=1S/C20H21FN6O2/c1-20(2,3)29-19(28)27(5)18-15-16(26(4)10-24-15)14(17(23)25-18)11-6-7-13(21)12(8-11)9-22/h6-8,10H,1-5H3,(H2,23,25). The van der Waals surface area contributed by atoms with Crippen molar-refractivity contribution in [1.29, 1.82) is 5.26 Å². The first kappa shape index (κ1) is 20.1. The fourth-order valence-electron chi connectivity index (χ4n) is 2.93. The Labute approximate surface area is 167 Å². The van der Waals surface area contributed by atoms with Crippen molar-refractivity contribution in [1.82, 2.24) is 14.5 Å². The van der Waals surface area contributed by atoms with Gasteiger partial charge in [0.05, 0.1) is 23.0 Å². The largest absolute Gasteiger partial charge is 0.443 e. The van der Waals surface area contributed by atoms with Gasteiger partial charge in [-0.05, 0) is 38.5 Å². The van der Waals surface area contributed by atoms with Gasteiger partial charge in [0.25, 0.3) is 0 Å². The van der Waals surface area contributed by atoms with Gasteiger partial charge in [-0.25, -0.2) is 19.2 Å². The van der Waals surface area contributed by atoms with Crippen molar-refractivity contribution in [3.8, 4) is 17.2 Å². The second-order valence-electron chi connectivity index (χ2n) is 7.59. The van der Waals surface area contributed by atoms with E-state index in [0.29, 0.717) is 22.2 Å². The van der Waals surface area contributed by atoms with Crippen LogP contribution in [0.5, 0.6) is 0 Å². The highest BCUT2D eigenvalue weighted by atomic mass is 19.1. The lowest BCUT2D eigenvalue weighted by Crippen LogP contribution is -2.34. The molecule has 2 aromatic heterocycles. The van der Waals surface area contributed by atoms with Crippen LogP contribution in [0.4, 0.5) is 20.8 Å². The molecule has 0 saturated carbocycles. The first-order chi connectivity index (χ1) is 13.5. The molecule has 0 atom stereocenters. The number of aromatic nitrogens is 3. The molecule has 1 aromatic carbocycles. The lowest BCUT2D eigenvalue weighted by atomic mass is 10.0. The van der Waals surface area contributed by atoms with E-state index < -0.39 is 17.5 Å². The van der Waals surface area contributed by atoms with Gasteiger partial charge in [-0.2, -0.15) is 5.26 Å². The summed E-state index contributed by atoms with van der Waals surface area (Å²) in [5.41, 5.74) is 7.49. The quantitative estimate of drug-likeness (QED) is 0.709. The van der Waals surface area contributed by atoms with Crippen molar-refractivity contribution in [3.63, 3.8) is 0 Å². The van der Waals surface area contributed by atoms with E-state index in [-0.39, 0.29) is 17.2 Å². The van der Waals surface area contributed by atoms with Crippen LogP contribution in [0.1, 0.15) is 26.3 Å². The lowest BCUT2D eigenvalue weighted by molar-refractivity contribution is 0.0588. The number of carbonyl (C=O) groups is 1. The molecule has 0 saturated heterocycles. The highest BCUT2D eigenvalue weighted by Crippen LogP contribution is 2.37. The monoisotopic (exact) mass is 396 g/mol. The Balaban J connectivity index is 2.21. The number of anilines is 2. The normalized spacial score (nSPS) is 11.3. The molecule has 2 N–H and O–H groups in total. The van der Waals surface area contributed by atoms with E-state index in [0.717, 1.165) is 0 Å². The maximum absolute atomic E-state index is 13.8. The van der Waals surface area contributed by atoms with E-state index in [4.69, 9.17) is 15.7 Å². The highest BCUT2D eigenvalue weighted by molar-refractivity contribution is 6.05. The number of pyridine rings is 1. The average Bonchev–Trinajstić information content (AvgIpc) is 3.01. The van der Waals surface area contributed by atoms with Crippen molar-refractivity contribution in [2.45, 2.75) is 26.4 Å². The van der Waals surface area contributed by atoms with Gasteiger partial charge in [0.1, 0.15) is 28.8 Å². The van der Waals surface area contributed by atoms with E-state index in [9.17, 15) is 9.18 Å². The van der Waals surface area contributed by atoms with Crippen molar-refractivity contribution in [3.05, 3.63) is 35.9 Å². The summed E-state index contributed by atoms with van der Waals surface area (Å²) in [5, 5.41) is 9.15. The van der Waals surface area contributed by atoms with Gasteiger partial charge in [0.2, 0.25) is 0 Å². The molecule has 150 valence electrons. The number of aryl methyl sites for hydroxylation is 1. The molecule has 2 heterocycles. The van der Waals surface area contributed by atoms with Gasteiger partial charge in [-0.1, -0.05) is 6.07 Å². The lowest BCUT2D eigenvalue weighted by Gasteiger charge is -2.24. The van der Waals surface area contributed by atoms with Crippen molar-refractivity contribution >= 4 is 28.8 Å². The highest BCUT2D eigenvalue weighted by Gasteiger charge is 2.26. The van der Waals surface area contributed by atoms with E-state index >= 15 is 0 Å². The summed E-state index contributed by atoms with van der Waals surface area (Å²) in [6, 6.07) is 5.95. The van der Waals surface area contributed by atoms with Gasteiger partial charge in [-0.15, -0.1) is 0 Å². The van der Waals surface area contributed by atoms with Gasteiger partial charge >= 0.3 is 6.09 Å². The SMILES string of the molecule is CN(C(=O)OC(C)(C)C)c1nc(N)c(-c2ccc(F)c(C#N)c2)c2c1ncn2C. The number of hydrogen-bond donors (Lipinski definition) is 1. The van der Waals surface area contributed by atoms with E-state index in [2.05, 4.69) is 9.97 Å². The summed E-state index contributed by atoms with van der Waals surface area (Å²) in [6.07, 6.45) is 0.967. The summed E-state index contributed by atoms with van der Waals surface area (Å²) < 4.78 is 20.9. The molecule has 0 fully saturated rings. The van der Waals surface area contributed by atoms with Gasteiger partial charge in [-0.3, -0.25) is 4.90 Å². The van der Waals surface area contributed by atoms with Gasteiger partial charge in [0.15, 0.2) is 5.82 Å². The smallest absolute Gasteiger partial charge is 0.415 e. The van der Waals surface area contributed by atoms with Crippen molar-refractivity contribution in [2.24, 2.45) is 7.05 Å². The van der Waals surface area contributed by atoms with Crippen LogP contribution in [0.2, 0.25) is 0 Å². The number of nitriles is 1. The molecule has 0 aliphatic heterocycles. The third kappa shape index (κ3) is 3.69. The third-order valence-electron chi connectivity index (χ3n) is 4.23. The number of nitrogens with zero attached hydrogens (tertiary/aromatic N) is 5. The van der Waals surface area contributed by atoms with Crippen LogP contribution in [-0.2, 0) is 11.8 Å². The summed E-state index contributed by atoms with van der Waals surface area (Å²) in [6.45, 7) is 5.30. The Hall–Kier alpha value is -3.67. The number of fused-ring (bicyclic) bond motifs is 1. The Bertz CT molecular complexity index is 1160. The van der Waals surface area contributed by atoms with Crippen molar-refractivity contribution < 1.29 is 13.9 Å². The zero-order valence-electron chi connectivity index (χ0n) is 16.8. The number of carbonyl (C=O) groups excluding carboxylic acids is 1. The number of rotatable bonds is 2. The van der Waals surface area contributed by atoms with Crippen LogP contribution in [0.15, 0.2) is 24.5 Å². The molecule has 1 amide bonds. The minimum Gasteiger partial charge on any atom is -0.443 e. The maximum atomic E-state index is 13.8. The molecule has 9 heteroatoms. The van der Waals surface area contributed by atoms with E-state index in [1.807, 2.05) is 6.07 Å². The summed E-state index contributed by atoms with van der Waals surface area (Å²) in [5.74, 6) is -0.272. The van der Waals surface area contributed by atoms with Crippen LogP contribution in [0, 0.1) is 17.1 Å². The number of benzene rings is 1. The number of ether oxygens (including phenoxy) is 1. The molecule has 0 spiro atoms. The van der Waals surface area contributed by atoms with E-state index in [1.54, 1.807) is 38.7 Å². The molecule has 0 unspecified atom stereocenters. The second-order valence-corrected chi connectivity index (χ2v) is 7.59. The number of hydrogen-bond acceptors (Lipinski definition) is 6. The Morgan fingerprint density at radius 1 is 1.38 bits per heavy atom. The van der Waals surface area contributed by atoms with Gasteiger partial charge < -0.3 is 15.0 Å². The van der Waals surface area contributed by atoms with Crippen LogP contribution in [0.25, 0.3) is 22.2 Å². The van der Waals surface area contributed by atoms with Crippen LogP contribution in [-0.4, -0.2) is 33.3 Å². The van der Waals surface area contributed by atoms with Crippen LogP contribution >= 0.6 is 0 Å². The minimum absolute atomic E-state index is 0.104. The van der Waals surface area contributed by atoms with Crippen molar-refractivity contribution in [2.75, 3.05) is 17.7 Å². The molecule has 8 nitrogen and oxygen atoms in total. The number of halogens is 1. The summed E-state index contributed by atoms with van der Waals surface area (Å²) in [7, 11) is 3.29. The van der Waals surface area contributed by atoms with E-state index in [1.165, 1.54) is 30.1 Å². The fraction of sp³-hybridized carbons (Fsp3) is 0.300. The molecular formula is C20H21FN6O2. The zero-order valence-corrected chi connectivity index (χ0v) is 16.8. The molecule has 0 aliphatic carbocycles. The maximum Gasteiger partial charge on any atom is 0.415 e. The summed E-state index contributed by atoms with van der Waals surface area (Å²) >= 11 is 0. The molecule has 3 rings (SSSR count). The second kappa shape index (κ2) is 7.05. The number of nitrogen functional groups attached to an aromatic ring is 1. The average molecular weight is 396 g/mol. The number of amides is 1. The Kier molecular flexibility index (Phi) is 4.88. The molecule has 0 bridgehead atoms. The zero-order chi connectivity index (χ0) is 21.5. The first-order valence-corrected chi connectivity index (χ1v) is 8.80. The molecule has 0 radical (unpaired) electrons. The van der Waals surface area contributed by atoms with Crippen LogP contribution in [0.3, 0.4) is 0 Å². The molecule has 3 aromatic rings. The number of imidazole rings is 1. The Morgan fingerprint density at radius 2 is 2.07 bits per heavy atom. The first-order valence-electron chi connectivity index (χ1n) is 8.80. The fourth-order valence-corrected chi connectivity index (χ4v) is 2.93. The predicted molar refractivity (Wildman–Crippen MR) is 108 cm³/mol.